The van der Waals surface area contributed by atoms with E-state index in [1.54, 1.807) is 6.07 Å². The highest BCUT2D eigenvalue weighted by atomic mass is 19.1. The number of rotatable bonds is 3. The first-order valence-electron chi connectivity index (χ1n) is 6.89. The molecule has 3 rings (SSSR count). The van der Waals surface area contributed by atoms with Gasteiger partial charge in [-0.25, -0.2) is 4.39 Å². The first kappa shape index (κ1) is 13.3. The minimum absolute atomic E-state index is 0.158. The standard InChI is InChI=1S/C16H16BFO2/c18-16-4-2-1-3-14(16)8-6-12-5-7-13-9-10-20-17(19)15(13)11-12/h1-5,7,11,19H,6,8-10H2. The first-order valence-corrected chi connectivity index (χ1v) is 6.89. The van der Waals surface area contributed by atoms with Crippen LogP contribution in [0.25, 0.3) is 0 Å². The van der Waals surface area contributed by atoms with Crippen molar-refractivity contribution in [1.82, 2.24) is 0 Å². The average Bonchev–Trinajstić information content (AvgIpc) is 2.47. The second kappa shape index (κ2) is 5.77. The summed E-state index contributed by atoms with van der Waals surface area (Å²) < 4.78 is 18.8. The van der Waals surface area contributed by atoms with Crippen LogP contribution in [0.1, 0.15) is 16.7 Å². The molecule has 0 spiro atoms. The molecule has 20 heavy (non-hydrogen) atoms. The molecule has 1 N–H and O–H groups in total. The Morgan fingerprint density at radius 3 is 2.85 bits per heavy atom. The van der Waals surface area contributed by atoms with Gasteiger partial charge in [-0.1, -0.05) is 36.4 Å². The zero-order valence-electron chi connectivity index (χ0n) is 11.2. The smallest absolute Gasteiger partial charge is 0.423 e. The monoisotopic (exact) mass is 270 g/mol. The van der Waals surface area contributed by atoms with E-state index in [-0.39, 0.29) is 5.82 Å². The second-order valence-corrected chi connectivity index (χ2v) is 5.10. The molecule has 0 unspecified atom stereocenters. The van der Waals surface area contributed by atoms with E-state index in [9.17, 15) is 9.41 Å². The lowest BCUT2D eigenvalue weighted by atomic mass is 9.73. The topological polar surface area (TPSA) is 29.5 Å². The van der Waals surface area contributed by atoms with E-state index < -0.39 is 7.12 Å². The fraction of sp³-hybridized carbons (Fsp3) is 0.250. The lowest BCUT2D eigenvalue weighted by Crippen LogP contribution is -2.41. The van der Waals surface area contributed by atoms with Gasteiger partial charge in [-0.3, -0.25) is 0 Å². The molecule has 0 saturated heterocycles. The summed E-state index contributed by atoms with van der Waals surface area (Å²) >= 11 is 0. The van der Waals surface area contributed by atoms with Crippen molar-refractivity contribution in [1.29, 1.82) is 0 Å². The van der Waals surface area contributed by atoms with Crippen LogP contribution < -0.4 is 5.46 Å². The number of benzene rings is 2. The summed E-state index contributed by atoms with van der Waals surface area (Å²) in [6, 6.07) is 12.9. The fourth-order valence-corrected chi connectivity index (χ4v) is 2.61. The maximum atomic E-state index is 13.6. The number of aryl methyl sites for hydroxylation is 2. The summed E-state index contributed by atoms with van der Waals surface area (Å²) in [6.07, 6.45) is 2.24. The molecule has 1 aliphatic heterocycles. The Bertz CT molecular complexity index is 615. The van der Waals surface area contributed by atoms with Crippen molar-refractivity contribution >= 4 is 12.6 Å². The number of fused-ring (bicyclic) bond motifs is 1. The van der Waals surface area contributed by atoms with Gasteiger partial charge in [0.2, 0.25) is 0 Å². The Balaban J connectivity index is 1.75. The van der Waals surface area contributed by atoms with Crippen molar-refractivity contribution in [2.75, 3.05) is 6.61 Å². The van der Waals surface area contributed by atoms with Crippen LogP contribution in [0.5, 0.6) is 0 Å². The van der Waals surface area contributed by atoms with E-state index >= 15 is 0 Å². The minimum Gasteiger partial charge on any atom is -0.423 e. The zero-order valence-corrected chi connectivity index (χ0v) is 11.2. The molecule has 2 nitrogen and oxygen atoms in total. The van der Waals surface area contributed by atoms with Crippen LogP contribution in [-0.2, 0) is 23.9 Å². The molecule has 0 atom stereocenters. The number of hydrogen-bond acceptors (Lipinski definition) is 2. The molecule has 0 aliphatic carbocycles. The molecule has 1 heterocycles. The molecule has 4 heteroatoms. The lowest BCUT2D eigenvalue weighted by Gasteiger charge is -2.19. The largest absolute Gasteiger partial charge is 0.491 e. The number of halogens is 1. The van der Waals surface area contributed by atoms with Gasteiger partial charge in [0.25, 0.3) is 0 Å². The maximum absolute atomic E-state index is 13.6. The molecule has 2 aromatic carbocycles. The van der Waals surface area contributed by atoms with Crippen molar-refractivity contribution in [3.63, 3.8) is 0 Å². The van der Waals surface area contributed by atoms with Gasteiger partial charge < -0.3 is 9.68 Å². The van der Waals surface area contributed by atoms with E-state index in [0.29, 0.717) is 13.0 Å². The fourth-order valence-electron chi connectivity index (χ4n) is 2.61. The third kappa shape index (κ3) is 2.76. The van der Waals surface area contributed by atoms with Gasteiger partial charge >= 0.3 is 7.12 Å². The van der Waals surface area contributed by atoms with Gasteiger partial charge in [0.1, 0.15) is 5.82 Å². The summed E-state index contributed by atoms with van der Waals surface area (Å²) in [5.41, 5.74) is 3.80. The predicted octanol–water partition coefficient (Wildman–Crippen LogP) is 1.87. The van der Waals surface area contributed by atoms with Crippen LogP contribution >= 0.6 is 0 Å². The summed E-state index contributed by atoms with van der Waals surface area (Å²) in [5.74, 6) is -0.158. The Morgan fingerprint density at radius 1 is 1.15 bits per heavy atom. The van der Waals surface area contributed by atoms with Crippen molar-refractivity contribution in [2.24, 2.45) is 0 Å². The molecule has 0 amide bonds. The minimum atomic E-state index is -0.827. The van der Waals surface area contributed by atoms with Gasteiger partial charge in [-0.05, 0) is 47.5 Å². The van der Waals surface area contributed by atoms with E-state index in [0.717, 1.165) is 35.0 Å². The summed E-state index contributed by atoms with van der Waals surface area (Å²) in [7, 11) is -0.827. The molecular weight excluding hydrogens is 254 g/mol. The highest BCUT2D eigenvalue weighted by Crippen LogP contribution is 2.13. The molecule has 102 valence electrons. The average molecular weight is 270 g/mol. The van der Waals surface area contributed by atoms with E-state index in [1.165, 1.54) is 6.07 Å². The third-order valence-electron chi connectivity index (χ3n) is 3.76. The maximum Gasteiger partial charge on any atom is 0.491 e. The SMILES string of the molecule is OB1OCCc2ccc(CCc3ccccc3F)cc21. The van der Waals surface area contributed by atoms with Crippen molar-refractivity contribution in [3.8, 4) is 0 Å². The second-order valence-electron chi connectivity index (χ2n) is 5.10. The number of hydrogen-bond donors (Lipinski definition) is 1. The third-order valence-corrected chi connectivity index (χ3v) is 3.76. The van der Waals surface area contributed by atoms with E-state index in [1.807, 2.05) is 24.3 Å². The molecule has 1 aliphatic rings. The highest BCUT2D eigenvalue weighted by molar-refractivity contribution is 6.60. The van der Waals surface area contributed by atoms with E-state index in [4.69, 9.17) is 4.65 Å². The van der Waals surface area contributed by atoms with Gasteiger partial charge in [-0.15, -0.1) is 0 Å². The van der Waals surface area contributed by atoms with Crippen LogP contribution in [0.15, 0.2) is 42.5 Å². The molecule has 0 aromatic heterocycles. The Kier molecular flexibility index (Phi) is 3.85. The Labute approximate surface area is 118 Å². The Morgan fingerprint density at radius 2 is 2.00 bits per heavy atom. The molecule has 2 aromatic rings. The molecule has 0 bridgehead atoms. The van der Waals surface area contributed by atoms with Crippen molar-refractivity contribution in [3.05, 3.63) is 65.0 Å². The van der Waals surface area contributed by atoms with Crippen LogP contribution in [0.2, 0.25) is 0 Å². The van der Waals surface area contributed by atoms with Crippen molar-refractivity contribution in [2.45, 2.75) is 19.3 Å². The van der Waals surface area contributed by atoms with Crippen LogP contribution in [0, 0.1) is 5.82 Å². The zero-order chi connectivity index (χ0) is 13.9. The van der Waals surface area contributed by atoms with Crippen molar-refractivity contribution < 1.29 is 14.1 Å². The van der Waals surface area contributed by atoms with Gasteiger partial charge in [0.05, 0.1) is 0 Å². The van der Waals surface area contributed by atoms with Gasteiger partial charge in [0.15, 0.2) is 0 Å². The highest BCUT2D eigenvalue weighted by Gasteiger charge is 2.24. The van der Waals surface area contributed by atoms with Crippen LogP contribution in [0.3, 0.4) is 0 Å². The normalized spacial score (nSPS) is 14.2. The quantitative estimate of drug-likeness (QED) is 0.863. The molecule has 0 radical (unpaired) electrons. The predicted molar refractivity (Wildman–Crippen MR) is 77.5 cm³/mol. The summed E-state index contributed by atoms with van der Waals surface area (Å²) in [6.45, 7) is 0.558. The Hall–Kier alpha value is -1.65. The van der Waals surface area contributed by atoms with Crippen LogP contribution in [-0.4, -0.2) is 18.7 Å². The van der Waals surface area contributed by atoms with Gasteiger partial charge in [-0.2, -0.15) is 0 Å². The molecule has 0 fully saturated rings. The molecule has 0 saturated carbocycles. The summed E-state index contributed by atoms with van der Waals surface area (Å²) in [4.78, 5) is 0. The first-order chi connectivity index (χ1) is 9.74. The lowest BCUT2D eigenvalue weighted by molar-refractivity contribution is 0.266. The van der Waals surface area contributed by atoms with Crippen LogP contribution in [0.4, 0.5) is 4.39 Å². The van der Waals surface area contributed by atoms with Gasteiger partial charge in [0, 0.05) is 6.61 Å². The summed E-state index contributed by atoms with van der Waals surface area (Å²) in [5, 5.41) is 9.83. The van der Waals surface area contributed by atoms with E-state index in [2.05, 4.69) is 6.07 Å². The molecular formula is C16H16BFO2.